The van der Waals surface area contributed by atoms with E-state index in [9.17, 15) is 10.2 Å². The Hall–Kier alpha value is -1.22. The maximum absolute atomic E-state index is 9.92. The Morgan fingerprint density at radius 2 is 1.81 bits per heavy atom. The second-order valence-electron chi connectivity index (χ2n) is 4.75. The van der Waals surface area contributed by atoms with E-state index in [0.29, 0.717) is 6.54 Å². The van der Waals surface area contributed by atoms with Crippen LogP contribution in [0.15, 0.2) is 18.2 Å². The van der Waals surface area contributed by atoms with Gasteiger partial charge in [0.05, 0.1) is 0 Å². The van der Waals surface area contributed by atoms with E-state index in [1.807, 2.05) is 6.07 Å². The quantitative estimate of drug-likeness (QED) is 0.717. The zero-order chi connectivity index (χ0) is 11.6. The van der Waals surface area contributed by atoms with Crippen LogP contribution >= 0.6 is 0 Å². The van der Waals surface area contributed by atoms with Gasteiger partial charge in [-0.05, 0) is 18.9 Å². The number of benzene rings is 1. The summed E-state index contributed by atoms with van der Waals surface area (Å²) in [6.07, 6.45) is 5.64. The van der Waals surface area contributed by atoms with Crippen molar-refractivity contribution in [3.05, 3.63) is 23.8 Å². The van der Waals surface area contributed by atoms with Crippen LogP contribution in [-0.4, -0.2) is 16.8 Å². The highest BCUT2D eigenvalue weighted by Crippen LogP contribution is 2.43. The topological polar surface area (TPSA) is 66.5 Å². The summed E-state index contributed by atoms with van der Waals surface area (Å²) in [6.45, 7) is 0.561. The highest BCUT2D eigenvalue weighted by atomic mass is 16.3. The molecule has 16 heavy (non-hydrogen) atoms. The lowest BCUT2D eigenvalue weighted by Crippen LogP contribution is -2.37. The van der Waals surface area contributed by atoms with Gasteiger partial charge in [-0.1, -0.05) is 25.3 Å². The number of phenolic OH excluding ortho intramolecular Hbond substituents is 2. The van der Waals surface area contributed by atoms with Crippen molar-refractivity contribution < 1.29 is 10.2 Å². The van der Waals surface area contributed by atoms with Crippen LogP contribution in [0.3, 0.4) is 0 Å². The van der Waals surface area contributed by atoms with Crippen LogP contribution in [0, 0.1) is 0 Å². The van der Waals surface area contributed by atoms with Gasteiger partial charge in [-0.15, -0.1) is 0 Å². The van der Waals surface area contributed by atoms with Gasteiger partial charge in [-0.2, -0.15) is 0 Å². The average molecular weight is 221 g/mol. The molecule has 3 heteroatoms. The van der Waals surface area contributed by atoms with Crippen LogP contribution in [-0.2, 0) is 5.41 Å². The van der Waals surface area contributed by atoms with E-state index in [-0.39, 0.29) is 16.9 Å². The van der Waals surface area contributed by atoms with Crippen molar-refractivity contribution in [2.24, 2.45) is 5.73 Å². The zero-order valence-corrected chi connectivity index (χ0v) is 9.45. The molecular weight excluding hydrogens is 202 g/mol. The molecule has 88 valence electrons. The smallest absolute Gasteiger partial charge is 0.123 e. The van der Waals surface area contributed by atoms with Gasteiger partial charge in [-0.25, -0.2) is 0 Å². The molecule has 1 fully saturated rings. The molecular formula is C13H19NO2. The SMILES string of the molecule is NCC1(c2ccc(O)cc2O)CCCCC1. The minimum absolute atomic E-state index is 0.0873. The van der Waals surface area contributed by atoms with E-state index in [0.717, 1.165) is 31.2 Å². The Bertz CT molecular complexity index is 370. The maximum Gasteiger partial charge on any atom is 0.123 e. The van der Waals surface area contributed by atoms with Crippen LogP contribution in [0.4, 0.5) is 0 Å². The minimum atomic E-state index is -0.0873. The number of nitrogens with two attached hydrogens (primary N) is 1. The molecule has 0 unspecified atom stereocenters. The van der Waals surface area contributed by atoms with Crippen molar-refractivity contribution in [3.8, 4) is 11.5 Å². The molecule has 0 spiro atoms. The summed E-state index contributed by atoms with van der Waals surface area (Å²) in [5.41, 5.74) is 6.71. The first kappa shape index (κ1) is 11.3. The van der Waals surface area contributed by atoms with Gasteiger partial charge in [0.2, 0.25) is 0 Å². The van der Waals surface area contributed by atoms with Crippen molar-refractivity contribution in [2.45, 2.75) is 37.5 Å². The van der Waals surface area contributed by atoms with E-state index in [1.165, 1.54) is 12.5 Å². The monoisotopic (exact) mass is 221 g/mol. The van der Waals surface area contributed by atoms with E-state index in [1.54, 1.807) is 6.07 Å². The van der Waals surface area contributed by atoms with Crippen LogP contribution in [0.25, 0.3) is 0 Å². The molecule has 0 aliphatic heterocycles. The molecule has 0 radical (unpaired) electrons. The van der Waals surface area contributed by atoms with E-state index in [4.69, 9.17) is 5.73 Å². The third-order valence-electron chi connectivity index (χ3n) is 3.75. The molecule has 2 rings (SSSR count). The van der Waals surface area contributed by atoms with E-state index in [2.05, 4.69) is 0 Å². The van der Waals surface area contributed by atoms with Crippen molar-refractivity contribution >= 4 is 0 Å². The minimum Gasteiger partial charge on any atom is -0.508 e. The number of aromatic hydroxyl groups is 2. The van der Waals surface area contributed by atoms with Gasteiger partial charge in [0, 0.05) is 23.6 Å². The van der Waals surface area contributed by atoms with E-state index >= 15 is 0 Å². The van der Waals surface area contributed by atoms with Gasteiger partial charge in [0.25, 0.3) is 0 Å². The lowest BCUT2D eigenvalue weighted by molar-refractivity contribution is 0.290. The summed E-state index contributed by atoms with van der Waals surface area (Å²) in [5.74, 6) is 0.275. The highest BCUT2D eigenvalue weighted by molar-refractivity contribution is 5.44. The Morgan fingerprint density at radius 3 is 2.38 bits per heavy atom. The van der Waals surface area contributed by atoms with Gasteiger partial charge in [0.15, 0.2) is 0 Å². The van der Waals surface area contributed by atoms with Crippen molar-refractivity contribution in [1.82, 2.24) is 0 Å². The third-order valence-corrected chi connectivity index (χ3v) is 3.75. The summed E-state index contributed by atoms with van der Waals surface area (Å²) < 4.78 is 0. The Kier molecular flexibility index (Phi) is 3.06. The predicted octanol–water partition coefficient (Wildman–Crippen LogP) is 2.26. The summed E-state index contributed by atoms with van der Waals surface area (Å²) in [4.78, 5) is 0. The van der Waals surface area contributed by atoms with E-state index < -0.39 is 0 Å². The molecule has 1 aliphatic rings. The number of hydrogen-bond donors (Lipinski definition) is 3. The fourth-order valence-corrected chi connectivity index (χ4v) is 2.78. The molecule has 1 saturated carbocycles. The fourth-order valence-electron chi connectivity index (χ4n) is 2.78. The standard InChI is InChI=1S/C13H19NO2/c14-9-13(6-2-1-3-7-13)11-5-4-10(15)8-12(11)16/h4-5,8,15-16H,1-3,6-7,9,14H2. The average Bonchev–Trinajstić information content (AvgIpc) is 2.30. The second-order valence-corrected chi connectivity index (χ2v) is 4.75. The molecule has 0 atom stereocenters. The Balaban J connectivity index is 2.39. The van der Waals surface area contributed by atoms with Gasteiger partial charge in [-0.3, -0.25) is 0 Å². The molecule has 0 saturated heterocycles. The largest absolute Gasteiger partial charge is 0.508 e. The van der Waals surface area contributed by atoms with Crippen molar-refractivity contribution in [2.75, 3.05) is 6.54 Å². The van der Waals surface area contributed by atoms with Crippen molar-refractivity contribution in [3.63, 3.8) is 0 Å². The van der Waals surface area contributed by atoms with Crippen LogP contribution in [0.5, 0.6) is 11.5 Å². The van der Waals surface area contributed by atoms with Gasteiger partial charge in [0.1, 0.15) is 11.5 Å². The summed E-state index contributed by atoms with van der Waals surface area (Å²) in [6, 6.07) is 4.84. The summed E-state index contributed by atoms with van der Waals surface area (Å²) >= 11 is 0. The molecule has 0 aromatic heterocycles. The number of hydrogen-bond acceptors (Lipinski definition) is 3. The molecule has 4 N–H and O–H groups in total. The first-order chi connectivity index (χ1) is 7.68. The summed E-state index contributed by atoms with van der Waals surface area (Å²) in [5, 5.41) is 19.2. The molecule has 1 aromatic carbocycles. The number of rotatable bonds is 2. The molecule has 1 aliphatic carbocycles. The fraction of sp³-hybridized carbons (Fsp3) is 0.538. The predicted molar refractivity (Wildman–Crippen MR) is 63.6 cm³/mol. The lowest BCUT2D eigenvalue weighted by Gasteiger charge is -2.37. The van der Waals surface area contributed by atoms with Crippen molar-refractivity contribution in [1.29, 1.82) is 0 Å². The number of phenols is 2. The maximum atomic E-state index is 9.92. The first-order valence-corrected chi connectivity index (χ1v) is 5.90. The van der Waals surface area contributed by atoms with Crippen LogP contribution < -0.4 is 5.73 Å². The molecule has 3 nitrogen and oxygen atoms in total. The zero-order valence-electron chi connectivity index (χ0n) is 9.45. The van der Waals surface area contributed by atoms with Crippen LogP contribution in [0.2, 0.25) is 0 Å². The first-order valence-electron chi connectivity index (χ1n) is 5.90. The molecule has 0 bridgehead atoms. The molecule has 0 heterocycles. The molecule has 0 amide bonds. The molecule has 1 aromatic rings. The van der Waals surface area contributed by atoms with Gasteiger partial charge < -0.3 is 15.9 Å². The Morgan fingerprint density at radius 1 is 1.12 bits per heavy atom. The Labute approximate surface area is 95.9 Å². The normalized spacial score (nSPS) is 19.6. The lowest BCUT2D eigenvalue weighted by atomic mass is 9.69. The van der Waals surface area contributed by atoms with Crippen LogP contribution in [0.1, 0.15) is 37.7 Å². The summed E-state index contributed by atoms with van der Waals surface area (Å²) in [7, 11) is 0. The van der Waals surface area contributed by atoms with Gasteiger partial charge >= 0.3 is 0 Å². The second kappa shape index (κ2) is 4.34. The highest BCUT2D eigenvalue weighted by Gasteiger charge is 2.34. The third kappa shape index (κ3) is 1.87.